The van der Waals surface area contributed by atoms with Crippen LogP contribution in [0.15, 0.2) is 12.2 Å². The van der Waals surface area contributed by atoms with Gasteiger partial charge in [-0.2, -0.15) is 0 Å². The van der Waals surface area contributed by atoms with Crippen LogP contribution in [0, 0.1) is 0 Å². The van der Waals surface area contributed by atoms with Crippen molar-refractivity contribution in [3.8, 4) is 0 Å². The third kappa shape index (κ3) is 7.52. The Bertz CT molecular complexity index is 368. The van der Waals surface area contributed by atoms with Crippen LogP contribution in [0.25, 0.3) is 0 Å². The number of nitrogens with two attached hydrogens (primary N) is 1. The van der Waals surface area contributed by atoms with E-state index in [0.717, 1.165) is 0 Å². The summed E-state index contributed by atoms with van der Waals surface area (Å²) in [7, 11) is 0. The molecule has 2 atom stereocenters. The van der Waals surface area contributed by atoms with E-state index in [0.29, 0.717) is 0 Å². The normalized spacial score (nSPS) is 13.6. The second-order valence-corrected chi connectivity index (χ2v) is 3.95. The van der Waals surface area contributed by atoms with Crippen LogP contribution in [-0.2, 0) is 23.9 Å². The summed E-state index contributed by atoms with van der Waals surface area (Å²) in [5.74, 6) is -1.43. The van der Waals surface area contributed by atoms with Gasteiger partial charge in [-0.15, -0.1) is 0 Å². The lowest BCUT2D eigenvalue weighted by molar-refractivity contribution is -0.145. The van der Waals surface area contributed by atoms with Crippen molar-refractivity contribution < 1.29 is 23.9 Å². The molecule has 0 spiro atoms. The zero-order valence-corrected chi connectivity index (χ0v) is 12.0. The number of hydrogen-bond acceptors (Lipinski definition) is 6. The first-order valence-electron chi connectivity index (χ1n) is 6.44. The van der Waals surface area contributed by atoms with Crippen LogP contribution >= 0.6 is 0 Å². The molecule has 0 bridgehead atoms. The fourth-order valence-corrected chi connectivity index (χ4v) is 1.34. The number of hydrogen-bond donors (Lipinski definition) is 2. The Kier molecular flexibility index (Phi) is 9.02. The van der Waals surface area contributed by atoms with Gasteiger partial charge in [-0.25, -0.2) is 4.79 Å². The molecular weight excluding hydrogens is 264 g/mol. The summed E-state index contributed by atoms with van der Waals surface area (Å²) in [6, 6.07) is -1.69. The van der Waals surface area contributed by atoms with Gasteiger partial charge in [-0.05, 0) is 20.3 Å². The number of nitrogens with one attached hydrogen (secondary N) is 1. The van der Waals surface area contributed by atoms with Gasteiger partial charge in [0.1, 0.15) is 12.1 Å². The summed E-state index contributed by atoms with van der Waals surface area (Å²) in [4.78, 5) is 33.9. The summed E-state index contributed by atoms with van der Waals surface area (Å²) in [5, 5.41) is 2.44. The van der Waals surface area contributed by atoms with Crippen LogP contribution in [0.1, 0.15) is 27.2 Å². The minimum atomic E-state index is -0.887. The summed E-state index contributed by atoms with van der Waals surface area (Å²) in [6.45, 7) is 5.13. The van der Waals surface area contributed by atoms with Crippen LogP contribution in [-0.4, -0.2) is 43.1 Å². The van der Waals surface area contributed by atoms with Crippen LogP contribution in [0.5, 0.6) is 0 Å². The summed E-state index contributed by atoms with van der Waals surface area (Å²) < 4.78 is 9.57. The minimum Gasteiger partial charge on any atom is -0.465 e. The molecule has 0 radical (unpaired) electrons. The van der Waals surface area contributed by atoms with Gasteiger partial charge in [0.15, 0.2) is 0 Å². The van der Waals surface area contributed by atoms with E-state index in [1.807, 2.05) is 0 Å². The molecule has 0 aromatic heterocycles. The third-order valence-corrected chi connectivity index (χ3v) is 2.21. The quantitative estimate of drug-likeness (QED) is 0.476. The lowest BCUT2D eigenvalue weighted by Gasteiger charge is -2.13. The van der Waals surface area contributed by atoms with Crippen molar-refractivity contribution in [1.82, 2.24) is 5.32 Å². The first kappa shape index (κ1) is 18.1. The van der Waals surface area contributed by atoms with Crippen molar-refractivity contribution >= 4 is 17.8 Å². The number of carbonyl (C=O) groups excluding carboxylic acids is 3. The maximum Gasteiger partial charge on any atom is 0.332 e. The van der Waals surface area contributed by atoms with Gasteiger partial charge in [0.05, 0.1) is 13.2 Å². The van der Waals surface area contributed by atoms with Crippen molar-refractivity contribution in [3.63, 3.8) is 0 Å². The van der Waals surface area contributed by atoms with Crippen molar-refractivity contribution in [1.29, 1.82) is 0 Å². The highest BCUT2D eigenvalue weighted by Crippen LogP contribution is 1.98. The molecule has 7 heteroatoms. The average Bonchev–Trinajstić information content (AvgIpc) is 2.37. The van der Waals surface area contributed by atoms with Crippen LogP contribution in [0.4, 0.5) is 0 Å². The first-order chi connectivity index (χ1) is 9.42. The molecule has 1 amide bonds. The molecule has 0 aromatic carbocycles. The van der Waals surface area contributed by atoms with E-state index >= 15 is 0 Å². The molecule has 20 heavy (non-hydrogen) atoms. The molecule has 3 N–H and O–H groups in total. The molecule has 0 aliphatic heterocycles. The molecule has 0 rings (SSSR count). The van der Waals surface area contributed by atoms with Crippen molar-refractivity contribution in [2.45, 2.75) is 39.3 Å². The van der Waals surface area contributed by atoms with Crippen molar-refractivity contribution in [2.24, 2.45) is 5.73 Å². The second-order valence-electron chi connectivity index (χ2n) is 3.95. The van der Waals surface area contributed by atoms with E-state index in [1.54, 1.807) is 19.9 Å². The molecule has 114 valence electrons. The van der Waals surface area contributed by atoms with E-state index < -0.39 is 24.0 Å². The first-order valence-corrected chi connectivity index (χ1v) is 6.44. The van der Waals surface area contributed by atoms with Gasteiger partial charge < -0.3 is 20.5 Å². The average molecular weight is 286 g/mol. The molecule has 0 unspecified atom stereocenters. The number of esters is 2. The Morgan fingerprint density at radius 2 is 1.70 bits per heavy atom. The highest BCUT2D eigenvalue weighted by Gasteiger charge is 2.18. The molecule has 0 aliphatic carbocycles. The highest BCUT2D eigenvalue weighted by molar-refractivity contribution is 5.84. The Morgan fingerprint density at radius 1 is 1.15 bits per heavy atom. The third-order valence-electron chi connectivity index (χ3n) is 2.21. The van der Waals surface area contributed by atoms with E-state index in [-0.39, 0.29) is 25.5 Å². The van der Waals surface area contributed by atoms with E-state index in [1.165, 1.54) is 13.0 Å². The molecule has 0 saturated carbocycles. The predicted octanol–water partition coefficient (Wildman–Crippen LogP) is -0.109. The molecule has 0 aromatic rings. The van der Waals surface area contributed by atoms with Gasteiger partial charge >= 0.3 is 11.9 Å². The SMILES string of the molecule is CCOC(=O)[C@@H](N)C/C=C/[C@@H](NC(C)=O)C(=O)OCC. The molecule has 7 nitrogen and oxygen atoms in total. The summed E-state index contributed by atoms with van der Waals surface area (Å²) in [5.41, 5.74) is 5.60. The topological polar surface area (TPSA) is 108 Å². The van der Waals surface area contributed by atoms with Gasteiger partial charge in [-0.1, -0.05) is 12.2 Å². The number of rotatable bonds is 8. The van der Waals surface area contributed by atoms with Crippen LogP contribution in [0.3, 0.4) is 0 Å². The zero-order chi connectivity index (χ0) is 15.5. The Balaban J connectivity index is 4.49. The predicted molar refractivity (Wildman–Crippen MR) is 72.6 cm³/mol. The lowest BCUT2D eigenvalue weighted by atomic mass is 10.1. The molecule has 0 heterocycles. The van der Waals surface area contributed by atoms with Gasteiger partial charge in [-0.3, -0.25) is 9.59 Å². The fourth-order valence-electron chi connectivity index (χ4n) is 1.34. The monoisotopic (exact) mass is 286 g/mol. The number of amides is 1. The highest BCUT2D eigenvalue weighted by atomic mass is 16.5. The molecule has 0 saturated heterocycles. The molecular formula is C13H22N2O5. The summed E-state index contributed by atoms with van der Waals surface area (Å²) in [6.07, 6.45) is 3.19. The van der Waals surface area contributed by atoms with E-state index in [4.69, 9.17) is 15.2 Å². The van der Waals surface area contributed by atoms with Crippen molar-refractivity contribution in [2.75, 3.05) is 13.2 Å². The standard InChI is InChI=1S/C13H22N2O5/c1-4-19-12(17)10(14)7-6-8-11(15-9(3)16)13(18)20-5-2/h6,8,10-11H,4-5,7,14H2,1-3H3,(H,15,16)/b8-6+/t10-,11+/m0/s1. The van der Waals surface area contributed by atoms with Crippen molar-refractivity contribution in [3.05, 3.63) is 12.2 Å². The fraction of sp³-hybridized carbons (Fsp3) is 0.615. The second kappa shape index (κ2) is 9.96. The van der Waals surface area contributed by atoms with Gasteiger partial charge in [0.2, 0.25) is 5.91 Å². The van der Waals surface area contributed by atoms with Crippen LogP contribution < -0.4 is 11.1 Å². The summed E-state index contributed by atoms with van der Waals surface area (Å²) >= 11 is 0. The Labute approximate surface area is 118 Å². The lowest BCUT2D eigenvalue weighted by Crippen LogP contribution is -2.39. The Morgan fingerprint density at radius 3 is 2.20 bits per heavy atom. The largest absolute Gasteiger partial charge is 0.465 e. The van der Waals surface area contributed by atoms with E-state index in [2.05, 4.69) is 5.32 Å². The number of carbonyl (C=O) groups is 3. The molecule has 0 aliphatic rings. The maximum absolute atomic E-state index is 11.6. The van der Waals surface area contributed by atoms with Gasteiger partial charge in [0, 0.05) is 6.92 Å². The molecule has 0 fully saturated rings. The zero-order valence-electron chi connectivity index (χ0n) is 12.0. The Hall–Kier alpha value is -1.89. The maximum atomic E-state index is 11.6. The van der Waals surface area contributed by atoms with Gasteiger partial charge in [0.25, 0.3) is 0 Å². The smallest absolute Gasteiger partial charge is 0.332 e. The van der Waals surface area contributed by atoms with Crippen LogP contribution in [0.2, 0.25) is 0 Å². The minimum absolute atomic E-state index is 0.203. The number of ether oxygens (including phenoxy) is 2. The van der Waals surface area contributed by atoms with E-state index in [9.17, 15) is 14.4 Å².